The summed E-state index contributed by atoms with van der Waals surface area (Å²) in [6.45, 7) is 4.10. The van der Waals surface area contributed by atoms with E-state index >= 15 is 0 Å². The van der Waals surface area contributed by atoms with Crippen LogP contribution in [0.4, 0.5) is 0 Å². The molecule has 2 heteroatoms. The van der Waals surface area contributed by atoms with Crippen LogP contribution in [0.3, 0.4) is 0 Å². The zero-order valence-corrected chi connectivity index (χ0v) is 6.70. The molecule has 0 fully saturated rings. The van der Waals surface area contributed by atoms with E-state index in [0.717, 1.165) is 5.69 Å². The van der Waals surface area contributed by atoms with Gasteiger partial charge in [0.25, 0.3) is 0 Å². The first kappa shape index (κ1) is 6.40. The Morgan fingerprint density at radius 3 is 2.91 bits per heavy atom. The van der Waals surface area contributed by atoms with Crippen molar-refractivity contribution in [3.05, 3.63) is 35.7 Å². The summed E-state index contributed by atoms with van der Waals surface area (Å²) in [4.78, 5) is 0. The highest BCUT2D eigenvalue weighted by Gasteiger charge is 1.97. The Hall–Kier alpha value is -1.31. The molecule has 0 amide bonds. The third-order valence-corrected chi connectivity index (χ3v) is 1.84. The Kier molecular flexibility index (Phi) is 1.22. The molecule has 0 bridgehead atoms. The second-order valence-electron chi connectivity index (χ2n) is 2.81. The van der Waals surface area contributed by atoms with Gasteiger partial charge < -0.3 is 0 Å². The molecular formula is C9H10N2. The van der Waals surface area contributed by atoms with Crippen LogP contribution < -0.4 is 0 Å². The van der Waals surface area contributed by atoms with E-state index in [0.29, 0.717) is 0 Å². The van der Waals surface area contributed by atoms with Crippen molar-refractivity contribution in [2.75, 3.05) is 0 Å². The maximum atomic E-state index is 4.29. The van der Waals surface area contributed by atoms with Crippen molar-refractivity contribution in [2.24, 2.45) is 0 Å². The molecule has 0 saturated carbocycles. The number of aryl methyl sites for hydroxylation is 2. The smallest absolute Gasteiger partial charge is 0.0693 e. The summed E-state index contributed by atoms with van der Waals surface area (Å²) in [5, 5.41) is 4.29. The van der Waals surface area contributed by atoms with Crippen molar-refractivity contribution in [3.8, 4) is 0 Å². The molecule has 0 aliphatic rings. The van der Waals surface area contributed by atoms with Crippen LogP contribution in [0.2, 0.25) is 0 Å². The summed E-state index contributed by atoms with van der Waals surface area (Å²) in [6, 6.07) is 6.20. The molecule has 0 saturated heterocycles. The quantitative estimate of drug-likeness (QED) is 0.555. The van der Waals surface area contributed by atoms with Crippen LogP contribution in [0, 0.1) is 13.8 Å². The first-order chi connectivity index (χ1) is 5.27. The number of nitrogens with zero attached hydrogens (tertiary/aromatic N) is 2. The molecule has 2 nitrogen and oxygen atoms in total. The first-order valence-electron chi connectivity index (χ1n) is 3.69. The maximum absolute atomic E-state index is 4.29. The zero-order chi connectivity index (χ0) is 7.84. The molecule has 0 radical (unpaired) electrons. The Labute approximate surface area is 65.5 Å². The molecule has 11 heavy (non-hydrogen) atoms. The standard InChI is InChI=1S/C9H10N2/c1-7-4-3-5-11-9(7)6-8(2)10-11/h3-6H,1-2H3. The molecule has 2 aromatic rings. The van der Waals surface area contributed by atoms with Gasteiger partial charge >= 0.3 is 0 Å². The van der Waals surface area contributed by atoms with Gasteiger partial charge in [-0.25, -0.2) is 4.52 Å². The highest BCUT2D eigenvalue weighted by atomic mass is 15.2. The van der Waals surface area contributed by atoms with Crippen LogP contribution in [0.15, 0.2) is 24.4 Å². The Bertz CT molecular complexity index is 387. The van der Waals surface area contributed by atoms with E-state index in [2.05, 4.69) is 24.2 Å². The van der Waals surface area contributed by atoms with Crippen molar-refractivity contribution in [1.82, 2.24) is 9.61 Å². The van der Waals surface area contributed by atoms with E-state index < -0.39 is 0 Å². The molecular weight excluding hydrogens is 136 g/mol. The van der Waals surface area contributed by atoms with Crippen LogP contribution in [0.5, 0.6) is 0 Å². The topological polar surface area (TPSA) is 17.3 Å². The molecule has 2 rings (SSSR count). The number of aromatic nitrogens is 2. The van der Waals surface area contributed by atoms with Crippen molar-refractivity contribution in [3.63, 3.8) is 0 Å². The molecule has 0 aliphatic carbocycles. The van der Waals surface area contributed by atoms with E-state index in [1.165, 1.54) is 11.1 Å². The van der Waals surface area contributed by atoms with E-state index in [-0.39, 0.29) is 0 Å². The normalized spacial score (nSPS) is 10.7. The minimum absolute atomic E-state index is 1.07. The largest absolute Gasteiger partial charge is 0.240 e. The maximum Gasteiger partial charge on any atom is 0.0693 e. The Balaban J connectivity index is 2.90. The first-order valence-corrected chi connectivity index (χ1v) is 3.69. The lowest BCUT2D eigenvalue weighted by Crippen LogP contribution is -1.86. The number of rotatable bonds is 0. The fraction of sp³-hybridized carbons (Fsp3) is 0.222. The average Bonchev–Trinajstić information content (AvgIpc) is 2.31. The number of pyridine rings is 1. The fourth-order valence-electron chi connectivity index (χ4n) is 1.28. The summed E-state index contributed by atoms with van der Waals surface area (Å²) >= 11 is 0. The summed E-state index contributed by atoms with van der Waals surface area (Å²) in [7, 11) is 0. The lowest BCUT2D eigenvalue weighted by molar-refractivity contribution is 0.930. The molecule has 2 heterocycles. The third kappa shape index (κ3) is 0.909. The molecule has 0 spiro atoms. The summed E-state index contributed by atoms with van der Waals surface area (Å²) < 4.78 is 1.91. The van der Waals surface area contributed by atoms with E-state index in [1.807, 2.05) is 23.7 Å². The van der Waals surface area contributed by atoms with Gasteiger partial charge in [0, 0.05) is 6.20 Å². The van der Waals surface area contributed by atoms with Crippen LogP contribution in [-0.4, -0.2) is 9.61 Å². The molecule has 2 aromatic heterocycles. The lowest BCUT2D eigenvalue weighted by atomic mass is 10.2. The second-order valence-corrected chi connectivity index (χ2v) is 2.81. The van der Waals surface area contributed by atoms with Gasteiger partial charge in [0.15, 0.2) is 0 Å². The van der Waals surface area contributed by atoms with Crippen molar-refractivity contribution in [2.45, 2.75) is 13.8 Å². The minimum atomic E-state index is 1.07. The minimum Gasteiger partial charge on any atom is -0.240 e. The number of fused-ring (bicyclic) bond motifs is 1. The highest BCUT2D eigenvalue weighted by molar-refractivity contribution is 5.54. The van der Waals surface area contributed by atoms with Gasteiger partial charge in [-0.15, -0.1) is 0 Å². The van der Waals surface area contributed by atoms with Gasteiger partial charge in [-0.1, -0.05) is 6.07 Å². The van der Waals surface area contributed by atoms with Crippen molar-refractivity contribution < 1.29 is 0 Å². The van der Waals surface area contributed by atoms with Crippen LogP contribution in [0.1, 0.15) is 11.3 Å². The molecule has 0 atom stereocenters. The van der Waals surface area contributed by atoms with Gasteiger partial charge in [-0.3, -0.25) is 0 Å². The molecule has 0 N–H and O–H groups in total. The Morgan fingerprint density at radius 1 is 1.36 bits per heavy atom. The summed E-state index contributed by atoms with van der Waals surface area (Å²) in [6.07, 6.45) is 1.97. The molecule has 0 unspecified atom stereocenters. The predicted octanol–water partition coefficient (Wildman–Crippen LogP) is 1.95. The van der Waals surface area contributed by atoms with Crippen molar-refractivity contribution >= 4 is 5.52 Å². The number of hydrogen-bond donors (Lipinski definition) is 0. The van der Waals surface area contributed by atoms with E-state index in [9.17, 15) is 0 Å². The summed E-state index contributed by atoms with van der Waals surface area (Å²) in [5.74, 6) is 0. The average molecular weight is 146 g/mol. The molecule has 0 aromatic carbocycles. The van der Waals surface area contributed by atoms with Gasteiger partial charge in [-0.2, -0.15) is 5.10 Å². The summed E-state index contributed by atoms with van der Waals surface area (Å²) in [5.41, 5.74) is 3.54. The highest BCUT2D eigenvalue weighted by Crippen LogP contribution is 2.09. The SMILES string of the molecule is Cc1cc2c(C)cccn2n1. The van der Waals surface area contributed by atoms with E-state index in [4.69, 9.17) is 0 Å². The Morgan fingerprint density at radius 2 is 2.18 bits per heavy atom. The predicted molar refractivity (Wildman–Crippen MR) is 44.7 cm³/mol. The third-order valence-electron chi connectivity index (χ3n) is 1.84. The molecule has 56 valence electrons. The van der Waals surface area contributed by atoms with Gasteiger partial charge in [0.1, 0.15) is 0 Å². The van der Waals surface area contributed by atoms with Crippen LogP contribution in [0.25, 0.3) is 5.52 Å². The van der Waals surface area contributed by atoms with Crippen LogP contribution in [-0.2, 0) is 0 Å². The van der Waals surface area contributed by atoms with Crippen LogP contribution >= 0.6 is 0 Å². The van der Waals surface area contributed by atoms with Crippen molar-refractivity contribution in [1.29, 1.82) is 0 Å². The fourth-order valence-corrected chi connectivity index (χ4v) is 1.28. The zero-order valence-electron chi connectivity index (χ0n) is 6.70. The second kappa shape index (κ2) is 2.09. The lowest BCUT2D eigenvalue weighted by Gasteiger charge is -1.94. The van der Waals surface area contributed by atoms with E-state index in [1.54, 1.807) is 0 Å². The van der Waals surface area contributed by atoms with Gasteiger partial charge in [0.2, 0.25) is 0 Å². The van der Waals surface area contributed by atoms with Gasteiger partial charge in [-0.05, 0) is 31.5 Å². The number of hydrogen-bond acceptors (Lipinski definition) is 1. The van der Waals surface area contributed by atoms with Gasteiger partial charge in [0.05, 0.1) is 11.2 Å². The monoisotopic (exact) mass is 146 g/mol. The molecule has 0 aliphatic heterocycles.